The summed E-state index contributed by atoms with van der Waals surface area (Å²) in [6.45, 7) is 1.52. The lowest BCUT2D eigenvalue weighted by atomic mass is 10.1. The van der Waals surface area contributed by atoms with Crippen molar-refractivity contribution in [1.29, 1.82) is 0 Å². The Bertz CT molecular complexity index is 885. The van der Waals surface area contributed by atoms with Crippen molar-refractivity contribution in [3.63, 3.8) is 0 Å². The molecule has 0 saturated carbocycles. The number of hydroxylamine groups is 2. The van der Waals surface area contributed by atoms with E-state index in [2.05, 4.69) is 0 Å². The Morgan fingerprint density at radius 2 is 1.65 bits per heavy atom. The maximum atomic E-state index is 12.3. The smallest absolute Gasteiger partial charge is 0.373 e. The van der Waals surface area contributed by atoms with Crippen molar-refractivity contribution in [3.05, 3.63) is 64.7 Å². The lowest BCUT2D eigenvalue weighted by Gasteiger charge is -2.17. The van der Waals surface area contributed by atoms with Crippen molar-refractivity contribution < 1.29 is 24.0 Å². The predicted octanol–water partition coefficient (Wildman–Crippen LogP) is 2.70. The molecule has 2 amide bonds. The molecule has 1 aliphatic heterocycles. The molecule has 26 heavy (non-hydrogen) atoms. The maximum Gasteiger partial charge on any atom is 0.373 e. The van der Waals surface area contributed by atoms with E-state index in [1.54, 1.807) is 12.1 Å². The van der Waals surface area contributed by atoms with Gasteiger partial charge in [-0.2, -0.15) is 0 Å². The molecule has 1 atom stereocenters. The first-order valence-electron chi connectivity index (χ1n) is 8.52. The maximum absolute atomic E-state index is 12.3. The second-order valence-electron chi connectivity index (χ2n) is 6.40. The molecule has 0 fully saturated rings. The average Bonchev–Trinajstić information content (AvgIpc) is 3.20. The van der Waals surface area contributed by atoms with Crippen molar-refractivity contribution in [1.82, 2.24) is 5.06 Å². The molecular weight excluding hydrogens is 334 g/mol. The van der Waals surface area contributed by atoms with Crippen LogP contribution < -0.4 is 4.74 Å². The minimum absolute atomic E-state index is 0.220. The summed E-state index contributed by atoms with van der Waals surface area (Å²) in [5, 5.41) is 0.496. The van der Waals surface area contributed by atoms with Crippen LogP contribution in [0.3, 0.4) is 0 Å². The number of fused-ring (bicyclic) bond motifs is 2. The molecule has 2 aliphatic rings. The number of hydrogen-bond donors (Lipinski definition) is 0. The fourth-order valence-electron chi connectivity index (χ4n) is 3.29. The minimum Gasteiger partial charge on any atom is -0.479 e. The molecule has 0 spiro atoms. The van der Waals surface area contributed by atoms with Gasteiger partial charge in [-0.3, -0.25) is 9.59 Å². The molecule has 0 bridgehead atoms. The Morgan fingerprint density at radius 3 is 2.35 bits per heavy atom. The molecule has 0 saturated heterocycles. The van der Waals surface area contributed by atoms with E-state index in [-0.39, 0.29) is 11.1 Å². The third-order valence-electron chi connectivity index (χ3n) is 4.65. The van der Waals surface area contributed by atoms with Crippen molar-refractivity contribution in [2.45, 2.75) is 32.3 Å². The van der Waals surface area contributed by atoms with Crippen molar-refractivity contribution in [2.75, 3.05) is 0 Å². The van der Waals surface area contributed by atoms with E-state index in [1.165, 1.54) is 30.2 Å². The van der Waals surface area contributed by atoms with Crippen molar-refractivity contribution >= 4 is 17.8 Å². The van der Waals surface area contributed by atoms with Gasteiger partial charge in [0, 0.05) is 0 Å². The van der Waals surface area contributed by atoms with Gasteiger partial charge in [0.25, 0.3) is 11.8 Å². The lowest BCUT2D eigenvalue weighted by molar-refractivity contribution is -0.176. The summed E-state index contributed by atoms with van der Waals surface area (Å²) in [4.78, 5) is 41.8. The van der Waals surface area contributed by atoms with Crippen LogP contribution in [0.15, 0.2) is 42.5 Å². The van der Waals surface area contributed by atoms with Gasteiger partial charge >= 0.3 is 5.97 Å². The van der Waals surface area contributed by atoms with Gasteiger partial charge in [0.05, 0.1) is 11.1 Å². The average molecular weight is 351 g/mol. The standard InChI is InChI=1S/C20H17NO5/c1-12(25-15-10-9-13-5-4-6-14(13)11-15)20(24)26-21-18(22)16-7-2-3-8-17(16)19(21)23/h2-3,7-12H,4-6H2,1H3. The second kappa shape index (κ2) is 6.29. The van der Waals surface area contributed by atoms with Crippen LogP contribution in [0.5, 0.6) is 5.75 Å². The molecule has 1 unspecified atom stereocenters. The molecule has 132 valence electrons. The number of ether oxygens (including phenoxy) is 1. The van der Waals surface area contributed by atoms with Gasteiger partial charge in [-0.05, 0) is 61.6 Å². The number of amides is 2. The first-order valence-corrected chi connectivity index (χ1v) is 8.52. The Balaban J connectivity index is 1.44. The molecule has 0 aromatic heterocycles. The number of aryl methyl sites for hydroxylation is 2. The number of carbonyl (C=O) groups is 3. The zero-order valence-electron chi connectivity index (χ0n) is 14.2. The van der Waals surface area contributed by atoms with Crippen molar-refractivity contribution in [2.24, 2.45) is 0 Å². The minimum atomic E-state index is -0.959. The molecule has 4 rings (SSSR count). The van der Waals surface area contributed by atoms with Gasteiger partial charge < -0.3 is 9.57 Å². The monoisotopic (exact) mass is 351 g/mol. The number of benzene rings is 2. The number of nitrogens with zero attached hydrogens (tertiary/aromatic N) is 1. The molecule has 2 aromatic rings. The highest BCUT2D eigenvalue weighted by Crippen LogP contribution is 2.27. The van der Waals surface area contributed by atoms with E-state index >= 15 is 0 Å². The normalized spacial score (nSPS) is 16.3. The third-order valence-corrected chi connectivity index (χ3v) is 4.65. The first-order chi connectivity index (χ1) is 12.5. The summed E-state index contributed by atoms with van der Waals surface area (Å²) in [7, 11) is 0. The molecule has 1 aliphatic carbocycles. The van der Waals surface area contributed by atoms with E-state index in [1.807, 2.05) is 18.2 Å². The van der Waals surface area contributed by atoms with E-state index < -0.39 is 23.9 Å². The van der Waals surface area contributed by atoms with E-state index in [0.717, 1.165) is 19.3 Å². The first kappa shape index (κ1) is 16.3. The summed E-state index contributed by atoms with van der Waals surface area (Å²) in [5.74, 6) is -1.54. The highest BCUT2D eigenvalue weighted by atomic mass is 16.7. The summed E-state index contributed by atoms with van der Waals surface area (Å²) in [6.07, 6.45) is 2.22. The Kier molecular flexibility index (Phi) is 3.95. The van der Waals surface area contributed by atoms with Gasteiger partial charge in [-0.25, -0.2) is 4.79 Å². The van der Waals surface area contributed by atoms with Gasteiger partial charge in [0.2, 0.25) is 0 Å². The van der Waals surface area contributed by atoms with Crippen molar-refractivity contribution in [3.8, 4) is 5.75 Å². The highest BCUT2D eigenvalue weighted by molar-refractivity contribution is 6.20. The van der Waals surface area contributed by atoms with Crippen LogP contribution in [-0.2, 0) is 22.5 Å². The Hall–Kier alpha value is -3.15. The largest absolute Gasteiger partial charge is 0.479 e. The summed E-state index contributed by atoms with van der Waals surface area (Å²) in [5.41, 5.74) is 2.97. The number of rotatable bonds is 4. The molecular formula is C20H17NO5. The predicted molar refractivity (Wildman–Crippen MR) is 91.6 cm³/mol. The topological polar surface area (TPSA) is 72.9 Å². The molecule has 1 heterocycles. The zero-order chi connectivity index (χ0) is 18.3. The Labute approximate surface area is 150 Å². The second-order valence-corrected chi connectivity index (χ2v) is 6.40. The lowest BCUT2D eigenvalue weighted by Crippen LogP contribution is -2.37. The van der Waals surface area contributed by atoms with Crippen LogP contribution in [0, 0.1) is 0 Å². The summed E-state index contributed by atoms with van der Waals surface area (Å²) in [6, 6.07) is 12.1. The fourth-order valence-corrected chi connectivity index (χ4v) is 3.29. The molecule has 0 radical (unpaired) electrons. The fraction of sp³-hybridized carbons (Fsp3) is 0.250. The molecule has 6 heteroatoms. The van der Waals surface area contributed by atoms with Gasteiger partial charge in [0.1, 0.15) is 5.75 Å². The molecule has 6 nitrogen and oxygen atoms in total. The van der Waals surface area contributed by atoms with Crippen LogP contribution in [0.2, 0.25) is 0 Å². The quantitative estimate of drug-likeness (QED) is 0.792. The van der Waals surface area contributed by atoms with Crippen LogP contribution in [-0.4, -0.2) is 29.0 Å². The summed E-state index contributed by atoms with van der Waals surface area (Å²) < 4.78 is 5.64. The van der Waals surface area contributed by atoms with E-state index in [0.29, 0.717) is 10.8 Å². The van der Waals surface area contributed by atoms with Gasteiger partial charge in [-0.15, -0.1) is 0 Å². The molecule has 2 aromatic carbocycles. The van der Waals surface area contributed by atoms with Gasteiger partial charge in [-0.1, -0.05) is 23.3 Å². The summed E-state index contributed by atoms with van der Waals surface area (Å²) >= 11 is 0. The number of hydrogen-bond acceptors (Lipinski definition) is 5. The van der Waals surface area contributed by atoms with E-state index in [4.69, 9.17) is 9.57 Å². The van der Waals surface area contributed by atoms with Crippen LogP contribution in [0.1, 0.15) is 45.2 Å². The highest BCUT2D eigenvalue weighted by Gasteiger charge is 2.39. The van der Waals surface area contributed by atoms with Gasteiger partial charge in [0.15, 0.2) is 6.10 Å². The number of imide groups is 1. The van der Waals surface area contributed by atoms with E-state index in [9.17, 15) is 14.4 Å². The van der Waals surface area contributed by atoms with Crippen LogP contribution >= 0.6 is 0 Å². The zero-order valence-corrected chi connectivity index (χ0v) is 14.2. The van der Waals surface area contributed by atoms with Crippen LogP contribution in [0.25, 0.3) is 0 Å². The van der Waals surface area contributed by atoms with Crippen LogP contribution in [0.4, 0.5) is 0 Å². The third kappa shape index (κ3) is 2.73. The SMILES string of the molecule is CC(Oc1ccc2c(c1)CCC2)C(=O)ON1C(=O)c2ccccc2C1=O. The Morgan fingerprint density at radius 1 is 1.00 bits per heavy atom. The molecule has 0 N–H and O–H groups in total. The number of carbonyl (C=O) groups excluding carboxylic acids is 3.